The molecule has 0 aliphatic heterocycles. The predicted octanol–water partition coefficient (Wildman–Crippen LogP) is -0.739. The predicted molar refractivity (Wildman–Crippen MR) is 68.7 cm³/mol. The second kappa shape index (κ2) is 11.3. The van der Waals surface area contributed by atoms with Gasteiger partial charge in [0.05, 0.1) is 20.6 Å². The summed E-state index contributed by atoms with van der Waals surface area (Å²) >= 11 is 5.59. The Hall–Kier alpha value is 0.200. The third kappa shape index (κ3) is 11.0. The molecule has 0 aliphatic carbocycles. The largest absolute Gasteiger partial charge is 1.00 e. The molecule has 0 amide bonds. The maximum absolute atomic E-state index is 5.59. The van der Waals surface area contributed by atoms with Gasteiger partial charge in [-0.1, -0.05) is 6.08 Å². The van der Waals surface area contributed by atoms with Gasteiger partial charge < -0.3 is 26.4 Å². The molecule has 0 unspecified atom stereocenters. The van der Waals surface area contributed by atoms with E-state index < -0.39 is 0 Å². The maximum Gasteiger partial charge on any atom is 0.207 e. The maximum atomic E-state index is 5.59. The molecule has 0 aromatic heterocycles. The summed E-state index contributed by atoms with van der Waals surface area (Å²) in [5.41, 5.74) is 0. The molecule has 0 atom stereocenters. The van der Waals surface area contributed by atoms with Gasteiger partial charge in [-0.15, -0.1) is 11.6 Å². The Labute approximate surface area is 117 Å². The fourth-order valence-electron chi connectivity index (χ4n) is 1.43. The summed E-state index contributed by atoms with van der Waals surface area (Å²) in [5, 5.41) is 0. The van der Waals surface area contributed by atoms with Crippen LogP contribution >= 0.6 is 11.6 Å². The van der Waals surface area contributed by atoms with E-state index in [9.17, 15) is 0 Å². The standard InChI is InChI=1S/C12H25ClNO2.ClH/c1-5-15-12(16-6-2)11-14(3,4)10-8-7-9-13;/h7-8,12H,5-6,9-11H2,1-4H3;1H/q+1;/p-1. The molecule has 0 aromatic carbocycles. The van der Waals surface area contributed by atoms with Crippen molar-refractivity contribution in [3.63, 3.8) is 0 Å². The van der Waals surface area contributed by atoms with Gasteiger partial charge in [0.25, 0.3) is 0 Å². The molecule has 3 nitrogen and oxygen atoms in total. The topological polar surface area (TPSA) is 18.5 Å². The number of alkyl halides is 1. The van der Waals surface area contributed by atoms with Crippen molar-refractivity contribution in [2.45, 2.75) is 20.1 Å². The number of hydrogen-bond donors (Lipinski definition) is 0. The quantitative estimate of drug-likeness (QED) is 0.241. The monoisotopic (exact) mass is 285 g/mol. The van der Waals surface area contributed by atoms with Gasteiger partial charge >= 0.3 is 0 Å². The van der Waals surface area contributed by atoms with E-state index in [0.717, 1.165) is 17.6 Å². The van der Waals surface area contributed by atoms with E-state index in [1.54, 1.807) is 0 Å². The van der Waals surface area contributed by atoms with E-state index in [-0.39, 0.29) is 18.7 Å². The molecule has 5 heteroatoms. The van der Waals surface area contributed by atoms with Crippen molar-refractivity contribution in [2.24, 2.45) is 0 Å². The number of ether oxygens (including phenoxy) is 2. The lowest BCUT2D eigenvalue weighted by Crippen LogP contribution is -3.00. The number of halogens is 2. The summed E-state index contributed by atoms with van der Waals surface area (Å²) in [5.74, 6) is 0.570. The first-order chi connectivity index (χ1) is 7.55. The molecule has 0 bridgehead atoms. The smallest absolute Gasteiger partial charge is 0.207 e. The molecule has 17 heavy (non-hydrogen) atoms. The normalized spacial score (nSPS) is 12.1. The summed E-state index contributed by atoms with van der Waals surface area (Å²) in [7, 11) is 4.31. The molecule has 0 N–H and O–H groups in total. The molecule has 0 saturated carbocycles. The average molecular weight is 286 g/mol. The summed E-state index contributed by atoms with van der Waals surface area (Å²) in [6, 6.07) is 0. The van der Waals surface area contributed by atoms with Crippen molar-refractivity contribution in [3.8, 4) is 0 Å². The number of rotatable bonds is 9. The average Bonchev–Trinajstić information content (AvgIpc) is 2.18. The molecule has 0 aliphatic rings. The fourth-order valence-corrected chi connectivity index (χ4v) is 1.55. The SMILES string of the molecule is CCOC(C[N+](C)(C)CC=CCCl)OCC.[Cl-]. The van der Waals surface area contributed by atoms with Gasteiger partial charge in [-0.05, 0) is 19.9 Å². The van der Waals surface area contributed by atoms with Crippen molar-refractivity contribution in [1.29, 1.82) is 0 Å². The summed E-state index contributed by atoms with van der Waals surface area (Å²) in [6.45, 7) is 7.11. The van der Waals surface area contributed by atoms with Crippen LogP contribution in [0.3, 0.4) is 0 Å². The highest BCUT2D eigenvalue weighted by atomic mass is 35.5. The Bertz CT molecular complexity index is 193. The van der Waals surface area contributed by atoms with Crippen molar-refractivity contribution >= 4 is 11.6 Å². The molecular weight excluding hydrogens is 261 g/mol. The van der Waals surface area contributed by atoms with E-state index in [0.29, 0.717) is 19.1 Å². The fraction of sp³-hybridized carbons (Fsp3) is 0.833. The van der Waals surface area contributed by atoms with Crippen LogP contribution in [0.5, 0.6) is 0 Å². The van der Waals surface area contributed by atoms with Crippen LogP contribution in [0.2, 0.25) is 0 Å². The zero-order chi connectivity index (χ0) is 12.4. The van der Waals surface area contributed by atoms with E-state index in [1.165, 1.54) is 0 Å². The minimum absolute atomic E-state index is 0. The van der Waals surface area contributed by atoms with Gasteiger partial charge in [-0.3, -0.25) is 0 Å². The van der Waals surface area contributed by atoms with Gasteiger partial charge in [-0.2, -0.15) is 0 Å². The van der Waals surface area contributed by atoms with Crippen LogP contribution in [0, 0.1) is 0 Å². The first kappa shape index (κ1) is 19.5. The van der Waals surface area contributed by atoms with Crippen LogP contribution in [-0.2, 0) is 9.47 Å². The van der Waals surface area contributed by atoms with Gasteiger partial charge in [0.1, 0.15) is 6.54 Å². The van der Waals surface area contributed by atoms with E-state index in [2.05, 4.69) is 20.2 Å². The summed E-state index contributed by atoms with van der Waals surface area (Å²) < 4.78 is 11.9. The van der Waals surface area contributed by atoms with Crippen LogP contribution < -0.4 is 12.4 Å². The van der Waals surface area contributed by atoms with Crippen LogP contribution in [0.15, 0.2) is 12.2 Å². The summed E-state index contributed by atoms with van der Waals surface area (Å²) in [4.78, 5) is 0. The molecule has 0 rings (SSSR count). The number of likely N-dealkylation sites (N-methyl/N-ethyl adjacent to an activating group) is 1. The lowest BCUT2D eigenvalue weighted by Gasteiger charge is -2.32. The first-order valence-corrected chi connectivity index (χ1v) is 6.35. The Morgan fingerprint density at radius 2 is 1.65 bits per heavy atom. The Balaban J connectivity index is 0. The number of allylic oxidation sites excluding steroid dienone is 1. The minimum Gasteiger partial charge on any atom is -1.00 e. The van der Waals surface area contributed by atoms with Crippen LogP contribution in [0.1, 0.15) is 13.8 Å². The highest BCUT2D eigenvalue weighted by Crippen LogP contribution is 2.05. The number of hydrogen-bond acceptors (Lipinski definition) is 2. The first-order valence-electron chi connectivity index (χ1n) is 5.82. The Morgan fingerprint density at radius 1 is 1.12 bits per heavy atom. The number of quaternary nitrogens is 1. The molecule has 0 fully saturated rings. The summed E-state index contributed by atoms with van der Waals surface area (Å²) in [6.07, 6.45) is 3.95. The third-order valence-electron chi connectivity index (χ3n) is 2.20. The minimum atomic E-state index is -0.116. The second-order valence-corrected chi connectivity index (χ2v) is 4.58. The lowest BCUT2D eigenvalue weighted by atomic mass is 10.4. The van der Waals surface area contributed by atoms with E-state index >= 15 is 0 Å². The molecule has 0 radical (unpaired) electrons. The van der Waals surface area contributed by atoms with Gasteiger partial charge in [-0.25, -0.2) is 0 Å². The highest BCUT2D eigenvalue weighted by Gasteiger charge is 2.21. The second-order valence-electron chi connectivity index (χ2n) is 4.27. The zero-order valence-corrected chi connectivity index (χ0v) is 12.8. The van der Waals surface area contributed by atoms with Crippen molar-refractivity contribution < 1.29 is 26.4 Å². The van der Waals surface area contributed by atoms with Gasteiger partial charge in [0.15, 0.2) is 0 Å². The molecule has 0 aromatic rings. The third-order valence-corrected chi connectivity index (χ3v) is 2.38. The van der Waals surface area contributed by atoms with Crippen LogP contribution in [0.25, 0.3) is 0 Å². The van der Waals surface area contributed by atoms with Crippen molar-refractivity contribution in [1.82, 2.24) is 0 Å². The molecule has 0 saturated heterocycles. The van der Waals surface area contributed by atoms with Gasteiger partial charge in [0, 0.05) is 19.1 Å². The zero-order valence-electron chi connectivity index (χ0n) is 11.3. The molecule has 0 spiro atoms. The highest BCUT2D eigenvalue weighted by molar-refractivity contribution is 6.18. The lowest BCUT2D eigenvalue weighted by molar-refractivity contribution is -0.890. The van der Waals surface area contributed by atoms with Crippen molar-refractivity contribution in [3.05, 3.63) is 12.2 Å². The number of nitrogens with zero attached hydrogens (tertiary/aromatic N) is 1. The van der Waals surface area contributed by atoms with Crippen LogP contribution in [-0.4, -0.2) is 57.1 Å². The van der Waals surface area contributed by atoms with Gasteiger partial charge in [0.2, 0.25) is 6.29 Å². The molecular formula is C12H25Cl2NO2. The van der Waals surface area contributed by atoms with E-state index in [1.807, 2.05) is 19.9 Å². The van der Waals surface area contributed by atoms with E-state index in [4.69, 9.17) is 21.1 Å². The molecule has 0 heterocycles. The van der Waals surface area contributed by atoms with Crippen LogP contribution in [0.4, 0.5) is 0 Å². The Kier molecular flexibility index (Phi) is 13.0. The Morgan fingerprint density at radius 3 is 2.06 bits per heavy atom. The van der Waals surface area contributed by atoms with Crippen molar-refractivity contribution in [2.75, 3.05) is 46.3 Å². The molecule has 104 valence electrons.